The van der Waals surface area contributed by atoms with Crippen molar-refractivity contribution in [3.63, 3.8) is 0 Å². The van der Waals surface area contributed by atoms with E-state index in [4.69, 9.17) is 9.47 Å². The molecular weight excluding hydrogens is 493 g/mol. The molecule has 0 radical (unpaired) electrons. The normalized spacial score (nSPS) is 14.5. The molecule has 10 heteroatoms. The highest BCUT2D eigenvalue weighted by atomic mass is 32.1. The first-order valence-corrected chi connectivity index (χ1v) is 13.0. The lowest BCUT2D eigenvalue weighted by atomic mass is 10.1. The highest BCUT2D eigenvalue weighted by Gasteiger charge is 2.28. The topological polar surface area (TPSA) is 89.5 Å². The molecule has 192 valence electrons. The van der Waals surface area contributed by atoms with Crippen LogP contribution in [0.2, 0.25) is 0 Å². The molecule has 1 fully saturated rings. The van der Waals surface area contributed by atoms with Gasteiger partial charge in [0.1, 0.15) is 23.3 Å². The maximum absolute atomic E-state index is 13.6. The maximum atomic E-state index is 13.6. The molecule has 0 spiro atoms. The fourth-order valence-electron chi connectivity index (χ4n) is 4.12. The van der Waals surface area contributed by atoms with Gasteiger partial charge in [-0.25, -0.2) is 24.1 Å². The van der Waals surface area contributed by atoms with Crippen LogP contribution in [0.1, 0.15) is 33.6 Å². The van der Waals surface area contributed by atoms with E-state index < -0.39 is 5.60 Å². The van der Waals surface area contributed by atoms with Gasteiger partial charge in [0.2, 0.25) is 5.95 Å². The van der Waals surface area contributed by atoms with Crippen LogP contribution in [0, 0.1) is 5.82 Å². The van der Waals surface area contributed by atoms with E-state index in [1.165, 1.54) is 23.5 Å². The first-order valence-electron chi connectivity index (χ1n) is 12.1. The lowest BCUT2D eigenvalue weighted by Crippen LogP contribution is -2.44. The Balaban J connectivity index is 1.37. The minimum Gasteiger partial charge on any atom is -0.490 e. The number of hydrogen-bond acceptors (Lipinski definition) is 8. The molecule has 4 aromatic rings. The molecule has 2 aromatic carbocycles. The van der Waals surface area contributed by atoms with Crippen molar-refractivity contribution in [2.45, 2.75) is 45.3 Å². The van der Waals surface area contributed by atoms with E-state index in [1.807, 2.05) is 38.3 Å². The first kappa shape index (κ1) is 24.9. The highest BCUT2D eigenvalue weighted by molar-refractivity contribution is 7.07. The molecule has 1 aliphatic rings. The summed E-state index contributed by atoms with van der Waals surface area (Å²) in [6, 6.07) is 10.0. The van der Waals surface area contributed by atoms with Crippen molar-refractivity contribution in [2.75, 3.05) is 18.4 Å². The van der Waals surface area contributed by atoms with E-state index in [1.54, 1.807) is 28.7 Å². The van der Waals surface area contributed by atoms with Gasteiger partial charge in [0, 0.05) is 60.2 Å². The second-order valence-corrected chi connectivity index (χ2v) is 10.6. The number of amides is 1. The van der Waals surface area contributed by atoms with Crippen molar-refractivity contribution in [1.29, 1.82) is 0 Å². The minimum atomic E-state index is -0.526. The van der Waals surface area contributed by atoms with Crippen LogP contribution < -0.4 is 10.1 Å². The van der Waals surface area contributed by atoms with Crippen LogP contribution in [0.4, 0.5) is 20.8 Å². The third-order valence-corrected chi connectivity index (χ3v) is 6.44. The van der Waals surface area contributed by atoms with Crippen LogP contribution in [-0.2, 0) is 4.74 Å². The van der Waals surface area contributed by atoms with Crippen molar-refractivity contribution in [1.82, 2.24) is 19.9 Å². The van der Waals surface area contributed by atoms with Gasteiger partial charge < -0.3 is 19.7 Å². The van der Waals surface area contributed by atoms with E-state index >= 15 is 0 Å². The van der Waals surface area contributed by atoms with Crippen molar-refractivity contribution in [3.8, 4) is 17.0 Å². The molecule has 1 aliphatic heterocycles. The Morgan fingerprint density at radius 1 is 1.16 bits per heavy atom. The second-order valence-electron chi connectivity index (χ2n) is 9.89. The average molecular weight is 522 g/mol. The van der Waals surface area contributed by atoms with Gasteiger partial charge in [0.15, 0.2) is 0 Å². The van der Waals surface area contributed by atoms with E-state index in [9.17, 15) is 9.18 Å². The lowest BCUT2D eigenvalue weighted by Gasteiger charge is -2.33. The smallest absolute Gasteiger partial charge is 0.410 e. The number of nitrogens with zero attached hydrogens (tertiary/aromatic N) is 4. The molecule has 0 unspecified atom stereocenters. The van der Waals surface area contributed by atoms with E-state index in [0.29, 0.717) is 48.8 Å². The summed E-state index contributed by atoms with van der Waals surface area (Å²) in [7, 11) is 0. The van der Waals surface area contributed by atoms with Crippen molar-refractivity contribution >= 4 is 40.0 Å². The summed E-state index contributed by atoms with van der Waals surface area (Å²) in [6.45, 7) is 6.71. The van der Waals surface area contributed by atoms with Crippen molar-refractivity contribution in [3.05, 3.63) is 59.3 Å². The number of ether oxygens (including phenoxy) is 2. The predicted molar refractivity (Wildman–Crippen MR) is 142 cm³/mol. The van der Waals surface area contributed by atoms with Crippen LogP contribution >= 0.6 is 11.3 Å². The van der Waals surface area contributed by atoms with Gasteiger partial charge in [-0.2, -0.15) is 0 Å². The summed E-state index contributed by atoms with van der Waals surface area (Å²) in [6.07, 6.45) is 2.73. The molecule has 5 rings (SSSR count). The Morgan fingerprint density at radius 2 is 1.97 bits per heavy atom. The van der Waals surface area contributed by atoms with Crippen LogP contribution in [0.3, 0.4) is 0 Å². The van der Waals surface area contributed by atoms with Crippen LogP contribution in [-0.4, -0.2) is 50.7 Å². The van der Waals surface area contributed by atoms with Gasteiger partial charge in [-0.05, 0) is 45.0 Å². The molecule has 37 heavy (non-hydrogen) atoms. The Bertz CT molecular complexity index is 1400. The van der Waals surface area contributed by atoms with Crippen LogP contribution in [0.5, 0.6) is 5.75 Å². The Hall–Kier alpha value is -3.79. The Morgan fingerprint density at radius 3 is 2.68 bits per heavy atom. The zero-order valence-corrected chi connectivity index (χ0v) is 21.7. The molecule has 0 bridgehead atoms. The Kier molecular flexibility index (Phi) is 6.92. The quantitative estimate of drug-likeness (QED) is 0.324. The zero-order valence-electron chi connectivity index (χ0n) is 20.9. The summed E-state index contributed by atoms with van der Waals surface area (Å²) in [5, 5.41) is 5.85. The number of anilines is 2. The first-order chi connectivity index (χ1) is 17.7. The fourth-order valence-corrected chi connectivity index (χ4v) is 4.67. The predicted octanol–water partition coefficient (Wildman–Crippen LogP) is 6.41. The number of hydrogen-bond donors (Lipinski definition) is 1. The molecule has 8 nitrogen and oxygen atoms in total. The number of likely N-dealkylation sites (tertiary alicyclic amines) is 1. The summed E-state index contributed by atoms with van der Waals surface area (Å²) in [4.78, 5) is 27.7. The molecule has 0 saturated carbocycles. The number of fused-ring (bicyclic) bond motifs is 1. The Labute approximate surface area is 218 Å². The number of nitrogens with one attached hydrogen (secondary N) is 1. The van der Waals surface area contributed by atoms with Crippen molar-refractivity contribution in [2.24, 2.45) is 0 Å². The van der Waals surface area contributed by atoms with Gasteiger partial charge in [0.25, 0.3) is 0 Å². The monoisotopic (exact) mass is 521 g/mol. The lowest BCUT2D eigenvalue weighted by molar-refractivity contribution is 0.0127. The molecular formula is C27H28FN5O3S. The number of piperidine rings is 1. The molecule has 1 saturated heterocycles. The minimum absolute atomic E-state index is 0.0692. The van der Waals surface area contributed by atoms with Crippen LogP contribution in [0.15, 0.2) is 53.5 Å². The van der Waals surface area contributed by atoms with E-state index in [-0.39, 0.29) is 18.0 Å². The summed E-state index contributed by atoms with van der Waals surface area (Å²) in [5.41, 5.74) is 4.18. The maximum Gasteiger partial charge on any atom is 0.410 e. The second kappa shape index (κ2) is 10.3. The van der Waals surface area contributed by atoms with E-state index in [2.05, 4.69) is 20.3 Å². The van der Waals surface area contributed by atoms with Gasteiger partial charge >= 0.3 is 6.09 Å². The molecule has 0 aliphatic carbocycles. The summed E-state index contributed by atoms with van der Waals surface area (Å²) >= 11 is 1.51. The fraction of sp³-hybridized carbons (Fsp3) is 0.333. The molecule has 1 N–H and O–H groups in total. The zero-order chi connectivity index (χ0) is 26.0. The summed E-state index contributed by atoms with van der Waals surface area (Å²) in [5.74, 6) is 0.688. The SMILES string of the molecule is CC(C)(C)OC(=O)N1CCC(Oc2cc3nc(Nc4cccc(F)c4)ncc3cc2-c2cscn2)CC1. The van der Waals surface area contributed by atoms with Crippen LogP contribution in [0.25, 0.3) is 22.2 Å². The van der Waals surface area contributed by atoms with E-state index in [0.717, 1.165) is 16.6 Å². The number of benzene rings is 2. The number of aromatic nitrogens is 3. The molecule has 1 amide bonds. The van der Waals surface area contributed by atoms with Crippen molar-refractivity contribution < 1.29 is 18.7 Å². The highest BCUT2D eigenvalue weighted by Crippen LogP contribution is 2.35. The van der Waals surface area contributed by atoms with Gasteiger partial charge in [-0.3, -0.25) is 0 Å². The number of halogens is 1. The largest absolute Gasteiger partial charge is 0.490 e. The third kappa shape index (κ3) is 6.14. The average Bonchev–Trinajstić information content (AvgIpc) is 3.38. The standard InChI is InChI=1S/C27H28FN5O3S/c1-27(2,3)36-26(34)33-9-7-20(8-10-33)35-24-13-22-17(11-21(24)23-15-37-16-30-23)14-29-25(32-22)31-19-6-4-5-18(28)12-19/h4-6,11-16,20H,7-10H2,1-3H3,(H,29,31,32). The summed E-state index contributed by atoms with van der Waals surface area (Å²) < 4.78 is 25.6. The number of carbonyl (C=O) groups is 1. The molecule has 2 aromatic heterocycles. The number of rotatable bonds is 5. The molecule has 3 heterocycles. The number of carbonyl (C=O) groups excluding carboxylic acids is 1. The molecule has 0 atom stereocenters. The van der Waals surface area contributed by atoms with Gasteiger partial charge in [0.05, 0.1) is 16.7 Å². The third-order valence-electron chi connectivity index (χ3n) is 5.86. The van der Waals surface area contributed by atoms with Gasteiger partial charge in [-0.15, -0.1) is 11.3 Å². The number of thiazole rings is 1. The van der Waals surface area contributed by atoms with Gasteiger partial charge in [-0.1, -0.05) is 6.07 Å².